The third kappa shape index (κ3) is 1.46. The van der Waals surface area contributed by atoms with E-state index in [4.69, 9.17) is 11.6 Å². The zero-order chi connectivity index (χ0) is 10.3. The van der Waals surface area contributed by atoms with Crippen LogP contribution < -0.4 is 0 Å². The first-order chi connectivity index (χ1) is 6.58. The van der Waals surface area contributed by atoms with E-state index in [0.717, 1.165) is 5.88 Å². The number of hydrogen-bond donors (Lipinski definition) is 0. The van der Waals surface area contributed by atoms with Gasteiger partial charge < -0.3 is 0 Å². The van der Waals surface area contributed by atoms with Gasteiger partial charge in [0.2, 0.25) is 0 Å². The molecule has 2 atom stereocenters. The Balaban J connectivity index is 2.34. The molecule has 0 aliphatic heterocycles. The smallest absolute Gasteiger partial charge is 0.0260 e. The Morgan fingerprint density at radius 2 is 2.14 bits per heavy atom. The average molecular weight is 209 g/mol. The number of benzene rings is 1. The van der Waals surface area contributed by atoms with E-state index in [9.17, 15) is 0 Å². The van der Waals surface area contributed by atoms with Crippen molar-refractivity contribution in [2.45, 2.75) is 32.6 Å². The summed E-state index contributed by atoms with van der Waals surface area (Å²) in [6.45, 7) is 6.68. The van der Waals surface area contributed by atoms with Gasteiger partial charge in [0.15, 0.2) is 0 Å². The Morgan fingerprint density at radius 1 is 1.43 bits per heavy atom. The zero-order valence-corrected chi connectivity index (χ0v) is 9.86. The van der Waals surface area contributed by atoms with Gasteiger partial charge in [-0.1, -0.05) is 30.7 Å². The highest BCUT2D eigenvalue weighted by molar-refractivity contribution is 6.18. The van der Waals surface area contributed by atoms with E-state index in [1.807, 2.05) is 0 Å². The van der Waals surface area contributed by atoms with Gasteiger partial charge in [-0.2, -0.15) is 0 Å². The lowest BCUT2D eigenvalue weighted by Gasteiger charge is -2.14. The van der Waals surface area contributed by atoms with Gasteiger partial charge in [-0.25, -0.2) is 0 Å². The fraction of sp³-hybridized carbons (Fsp3) is 0.538. The fourth-order valence-corrected chi connectivity index (χ4v) is 2.91. The summed E-state index contributed by atoms with van der Waals surface area (Å²) in [5, 5.41) is 0. The van der Waals surface area contributed by atoms with Crippen LogP contribution in [0.25, 0.3) is 0 Å². The highest BCUT2D eigenvalue weighted by Gasteiger charge is 2.50. The van der Waals surface area contributed by atoms with E-state index in [0.29, 0.717) is 11.3 Å². The van der Waals surface area contributed by atoms with Crippen LogP contribution in [-0.4, -0.2) is 5.88 Å². The molecule has 14 heavy (non-hydrogen) atoms. The molecule has 1 aliphatic carbocycles. The summed E-state index contributed by atoms with van der Waals surface area (Å²) in [7, 11) is 0. The van der Waals surface area contributed by atoms with Crippen molar-refractivity contribution in [3.05, 3.63) is 34.9 Å². The standard InChI is InChI=1S/C13H17Cl/c1-9-4-5-12(10(2)6-9)13(3)7-11(13)8-14/h4-6,11H,7-8H2,1-3H3. The van der Waals surface area contributed by atoms with Crippen molar-refractivity contribution in [2.75, 3.05) is 5.88 Å². The minimum atomic E-state index is 0.361. The van der Waals surface area contributed by atoms with Crippen molar-refractivity contribution in [2.24, 2.45) is 5.92 Å². The summed E-state index contributed by atoms with van der Waals surface area (Å²) < 4.78 is 0. The Bertz CT molecular complexity index is 356. The van der Waals surface area contributed by atoms with Crippen LogP contribution in [-0.2, 0) is 5.41 Å². The Kier molecular flexibility index (Phi) is 2.35. The van der Waals surface area contributed by atoms with E-state index in [1.165, 1.54) is 23.1 Å². The molecule has 1 heteroatoms. The lowest BCUT2D eigenvalue weighted by atomic mass is 9.91. The predicted octanol–water partition coefficient (Wildman–Crippen LogP) is 3.82. The lowest BCUT2D eigenvalue weighted by molar-refractivity contribution is 0.700. The van der Waals surface area contributed by atoms with E-state index in [-0.39, 0.29) is 0 Å². The SMILES string of the molecule is Cc1ccc(C2(C)CC2CCl)c(C)c1. The molecule has 0 nitrogen and oxygen atoms in total. The van der Waals surface area contributed by atoms with Crippen molar-refractivity contribution >= 4 is 11.6 Å². The molecule has 0 amide bonds. The van der Waals surface area contributed by atoms with Gasteiger partial charge in [-0.15, -0.1) is 11.6 Å². The molecule has 1 aromatic carbocycles. The zero-order valence-electron chi connectivity index (χ0n) is 9.10. The Labute approximate surface area is 91.3 Å². The topological polar surface area (TPSA) is 0 Å². The largest absolute Gasteiger partial charge is 0.126 e. The van der Waals surface area contributed by atoms with Gasteiger partial charge >= 0.3 is 0 Å². The summed E-state index contributed by atoms with van der Waals surface area (Å²) in [5.74, 6) is 1.48. The van der Waals surface area contributed by atoms with Crippen LogP contribution in [0.4, 0.5) is 0 Å². The molecule has 0 N–H and O–H groups in total. The molecule has 0 bridgehead atoms. The third-order valence-corrected chi connectivity index (χ3v) is 3.97. The lowest BCUT2D eigenvalue weighted by Crippen LogP contribution is -2.07. The van der Waals surface area contributed by atoms with Gasteiger partial charge in [0.05, 0.1) is 0 Å². The second-order valence-corrected chi connectivity index (χ2v) is 5.10. The number of rotatable bonds is 2. The minimum Gasteiger partial charge on any atom is -0.126 e. The number of aryl methyl sites for hydroxylation is 2. The quantitative estimate of drug-likeness (QED) is 0.649. The summed E-state index contributed by atoms with van der Waals surface area (Å²) in [6, 6.07) is 6.75. The maximum Gasteiger partial charge on any atom is 0.0260 e. The van der Waals surface area contributed by atoms with Gasteiger partial charge in [0, 0.05) is 5.88 Å². The van der Waals surface area contributed by atoms with E-state index in [2.05, 4.69) is 39.0 Å². The average Bonchev–Trinajstić information content (AvgIpc) is 2.77. The molecule has 0 aromatic heterocycles. The predicted molar refractivity (Wildman–Crippen MR) is 62.1 cm³/mol. The Morgan fingerprint density at radius 3 is 2.64 bits per heavy atom. The van der Waals surface area contributed by atoms with Crippen molar-refractivity contribution < 1.29 is 0 Å². The highest BCUT2D eigenvalue weighted by atomic mass is 35.5. The molecule has 1 saturated carbocycles. The second-order valence-electron chi connectivity index (χ2n) is 4.79. The summed E-state index contributed by atoms with van der Waals surface area (Å²) in [6.07, 6.45) is 1.25. The molecule has 2 unspecified atom stereocenters. The summed E-state index contributed by atoms with van der Waals surface area (Å²) in [4.78, 5) is 0. The van der Waals surface area contributed by atoms with Crippen LogP contribution in [0, 0.1) is 19.8 Å². The van der Waals surface area contributed by atoms with Crippen LogP contribution in [0.15, 0.2) is 18.2 Å². The Hall–Kier alpha value is -0.490. The maximum atomic E-state index is 5.92. The van der Waals surface area contributed by atoms with Crippen molar-refractivity contribution in [1.82, 2.24) is 0 Å². The van der Waals surface area contributed by atoms with E-state index < -0.39 is 0 Å². The molecule has 1 fully saturated rings. The van der Waals surface area contributed by atoms with Gasteiger partial charge in [0.25, 0.3) is 0 Å². The van der Waals surface area contributed by atoms with Crippen LogP contribution in [0.2, 0.25) is 0 Å². The molecule has 1 aromatic rings. The molecule has 76 valence electrons. The normalized spacial score (nSPS) is 30.4. The number of hydrogen-bond acceptors (Lipinski definition) is 0. The summed E-state index contributed by atoms with van der Waals surface area (Å²) in [5.41, 5.74) is 4.62. The van der Waals surface area contributed by atoms with Gasteiger partial charge in [0.1, 0.15) is 0 Å². The number of halogens is 1. The van der Waals surface area contributed by atoms with E-state index >= 15 is 0 Å². The van der Waals surface area contributed by atoms with Gasteiger partial charge in [-0.3, -0.25) is 0 Å². The molecule has 1 aliphatic rings. The first kappa shape index (κ1) is 10.0. The highest BCUT2D eigenvalue weighted by Crippen LogP contribution is 2.55. The van der Waals surface area contributed by atoms with Crippen LogP contribution >= 0.6 is 11.6 Å². The van der Waals surface area contributed by atoms with Crippen LogP contribution in [0.5, 0.6) is 0 Å². The molecule has 0 radical (unpaired) electrons. The number of alkyl halides is 1. The van der Waals surface area contributed by atoms with E-state index in [1.54, 1.807) is 0 Å². The first-order valence-corrected chi connectivity index (χ1v) is 5.75. The molecule has 0 saturated heterocycles. The first-order valence-electron chi connectivity index (χ1n) is 5.21. The van der Waals surface area contributed by atoms with Crippen molar-refractivity contribution in [1.29, 1.82) is 0 Å². The monoisotopic (exact) mass is 208 g/mol. The molecular weight excluding hydrogens is 192 g/mol. The minimum absolute atomic E-state index is 0.361. The van der Waals surface area contributed by atoms with Crippen molar-refractivity contribution in [3.8, 4) is 0 Å². The van der Waals surface area contributed by atoms with Crippen molar-refractivity contribution in [3.63, 3.8) is 0 Å². The third-order valence-electron chi connectivity index (χ3n) is 3.59. The molecular formula is C13H17Cl. The van der Waals surface area contributed by atoms with Crippen LogP contribution in [0.1, 0.15) is 30.0 Å². The fourth-order valence-electron chi connectivity index (χ4n) is 2.46. The molecule has 0 heterocycles. The maximum absolute atomic E-state index is 5.92. The second kappa shape index (κ2) is 3.27. The van der Waals surface area contributed by atoms with Crippen LogP contribution in [0.3, 0.4) is 0 Å². The molecule has 0 spiro atoms. The molecule has 2 rings (SSSR count). The summed E-state index contributed by atoms with van der Waals surface area (Å²) >= 11 is 5.92. The van der Waals surface area contributed by atoms with Gasteiger partial charge in [-0.05, 0) is 42.7 Å².